The number of aromatic nitrogens is 4. The predicted octanol–water partition coefficient (Wildman–Crippen LogP) is 1.79. The number of carbonyl (C=O) groups is 1. The maximum atomic E-state index is 12.6. The van der Waals surface area contributed by atoms with Crippen molar-refractivity contribution >= 4 is 23.0 Å². The van der Waals surface area contributed by atoms with Crippen LogP contribution in [0.2, 0.25) is 0 Å². The molecular formula is C18H17N5O4S. The summed E-state index contributed by atoms with van der Waals surface area (Å²) in [6, 6.07) is 7.63. The number of fused-ring (bicyclic) bond motifs is 1. The Morgan fingerprint density at radius 3 is 2.82 bits per heavy atom. The zero-order valence-corrected chi connectivity index (χ0v) is 16.0. The van der Waals surface area contributed by atoms with Crippen LogP contribution in [0.5, 0.6) is 5.88 Å². The second kappa shape index (κ2) is 7.39. The van der Waals surface area contributed by atoms with Gasteiger partial charge in [-0.2, -0.15) is 0 Å². The summed E-state index contributed by atoms with van der Waals surface area (Å²) in [5.74, 6) is -0.303. The third-order valence-electron chi connectivity index (χ3n) is 4.32. The summed E-state index contributed by atoms with van der Waals surface area (Å²) in [5, 5.41) is 13.1. The molecule has 0 aliphatic carbocycles. The second-order valence-electron chi connectivity index (χ2n) is 6.19. The van der Waals surface area contributed by atoms with Crippen LogP contribution in [0.1, 0.15) is 16.6 Å². The average molecular weight is 399 g/mol. The van der Waals surface area contributed by atoms with E-state index in [0.29, 0.717) is 6.61 Å². The minimum Gasteiger partial charge on any atom is -0.473 e. The molecule has 3 heterocycles. The van der Waals surface area contributed by atoms with Gasteiger partial charge in [-0.05, 0) is 12.5 Å². The molecule has 1 aliphatic heterocycles. The maximum absolute atomic E-state index is 12.6. The van der Waals surface area contributed by atoms with Crippen molar-refractivity contribution in [2.24, 2.45) is 0 Å². The Kier molecular flexibility index (Phi) is 4.78. The summed E-state index contributed by atoms with van der Waals surface area (Å²) in [6.45, 7) is 2.03. The van der Waals surface area contributed by atoms with E-state index in [1.165, 1.54) is 29.3 Å². The first-order valence-corrected chi connectivity index (χ1v) is 9.33. The van der Waals surface area contributed by atoms with Crippen LogP contribution in [0.25, 0.3) is 10.6 Å². The molecule has 0 saturated carbocycles. The van der Waals surface area contributed by atoms with Gasteiger partial charge in [-0.1, -0.05) is 35.6 Å². The van der Waals surface area contributed by atoms with Crippen LogP contribution in [-0.2, 0) is 16.1 Å². The number of esters is 1. The molecule has 1 N–H and O–H groups in total. The predicted molar refractivity (Wildman–Crippen MR) is 102 cm³/mol. The fraction of sp³-hybridized carbons (Fsp3) is 0.278. The first-order chi connectivity index (χ1) is 13.5. The zero-order valence-electron chi connectivity index (χ0n) is 15.2. The van der Waals surface area contributed by atoms with Crippen LogP contribution in [0, 0.1) is 6.92 Å². The Labute approximate surface area is 164 Å². The number of anilines is 1. The van der Waals surface area contributed by atoms with E-state index in [9.17, 15) is 9.59 Å². The number of aryl methyl sites for hydroxylation is 1. The number of carbonyl (C=O) groups excluding carboxylic acids is 1. The molecule has 1 aromatic carbocycles. The molecule has 0 amide bonds. The molecule has 0 spiro atoms. The lowest BCUT2D eigenvalue weighted by Crippen LogP contribution is -2.33. The van der Waals surface area contributed by atoms with E-state index in [0.717, 1.165) is 21.1 Å². The third kappa shape index (κ3) is 3.46. The number of nitrogens with zero attached hydrogens (tertiary/aromatic N) is 4. The lowest BCUT2D eigenvalue weighted by Gasteiger charge is -2.26. The number of rotatable bonds is 4. The highest BCUT2D eigenvalue weighted by Gasteiger charge is 2.25. The van der Waals surface area contributed by atoms with Crippen molar-refractivity contribution in [3.8, 4) is 16.5 Å². The van der Waals surface area contributed by atoms with Gasteiger partial charge in [0.25, 0.3) is 5.56 Å². The number of benzene rings is 1. The minimum atomic E-state index is -0.528. The smallest absolute Gasteiger partial charge is 0.325 e. The van der Waals surface area contributed by atoms with Crippen LogP contribution >= 0.6 is 11.3 Å². The number of nitrogens with one attached hydrogen (secondary N) is 1. The summed E-state index contributed by atoms with van der Waals surface area (Å²) >= 11 is 1.53. The number of methoxy groups -OCH3 is 1. The van der Waals surface area contributed by atoms with E-state index < -0.39 is 5.97 Å². The van der Waals surface area contributed by atoms with Crippen molar-refractivity contribution < 1.29 is 14.3 Å². The van der Waals surface area contributed by atoms with Gasteiger partial charge in [0.1, 0.15) is 29.5 Å². The second-order valence-corrected chi connectivity index (χ2v) is 7.37. The van der Waals surface area contributed by atoms with E-state index in [1.807, 2.05) is 31.2 Å². The lowest BCUT2D eigenvalue weighted by molar-refractivity contribution is -0.141. The van der Waals surface area contributed by atoms with E-state index in [4.69, 9.17) is 4.74 Å². The summed E-state index contributed by atoms with van der Waals surface area (Å²) in [5.41, 5.74) is 1.78. The Morgan fingerprint density at radius 1 is 1.36 bits per heavy atom. The van der Waals surface area contributed by atoms with Crippen molar-refractivity contribution in [2.45, 2.75) is 19.5 Å². The fourth-order valence-corrected chi connectivity index (χ4v) is 3.55. The summed E-state index contributed by atoms with van der Waals surface area (Å²) in [7, 11) is 1.27. The van der Waals surface area contributed by atoms with Crippen LogP contribution in [0.4, 0.5) is 5.69 Å². The van der Waals surface area contributed by atoms with Gasteiger partial charge in [0.05, 0.1) is 13.2 Å². The molecule has 0 fully saturated rings. The normalized spacial score (nSPS) is 15.3. The SMILES string of the molecule is COC(=O)Cn1cnc2c(c1=O)N[C@H](c1ccc(-c3nnc(C)s3)cc1)CO2. The van der Waals surface area contributed by atoms with Crippen molar-refractivity contribution in [2.75, 3.05) is 19.0 Å². The van der Waals surface area contributed by atoms with Gasteiger partial charge in [0.15, 0.2) is 5.69 Å². The summed E-state index contributed by atoms with van der Waals surface area (Å²) in [6.07, 6.45) is 1.28. The lowest BCUT2D eigenvalue weighted by atomic mass is 10.0. The largest absolute Gasteiger partial charge is 0.473 e. The molecule has 28 heavy (non-hydrogen) atoms. The quantitative estimate of drug-likeness (QED) is 0.662. The van der Waals surface area contributed by atoms with Crippen LogP contribution in [0.3, 0.4) is 0 Å². The van der Waals surface area contributed by atoms with E-state index in [2.05, 4.69) is 25.2 Å². The maximum Gasteiger partial charge on any atom is 0.325 e. The van der Waals surface area contributed by atoms with Gasteiger partial charge >= 0.3 is 5.97 Å². The molecule has 0 bridgehead atoms. The number of hydrogen-bond donors (Lipinski definition) is 1. The zero-order chi connectivity index (χ0) is 19.7. The fourth-order valence-electron chi connectivity index (χ4n) is 2.85. The van der Waals surface area contributed by atoms with Gasteiger partial charge in [0.2, 0.25) is 5.88 Å². The highest BCUT2D eigenvalue weighted by molar-refractivity contribution is 7.14. The van der Waals surface area contributed by atoms with Gasteiger partial charge in [-0.15, -0.1) is 10.2 Å². The minimum absolute atomic E-state index is 0.210. The van der Waals surface area contributed by atoms with Gasteiger partial charge in [-0.3, -0.25) is 14.2 Å². The molecule has 4 rings (SSSR count). The first-order valence-electron chi connectivity index (χ1n) is 8.51. The highest BCUT2D eigenvalue weighted by atomic mass is 32.1. The van der Waals surface area contributed by atoms with Crippen molar-refractivity contribution in [3.05, 3.63) is 51.5 Å². The highest BCUT2D eigenvalue weighted by Crippen LogP contribution is 2.30. The molecule has 2 aromatic heterocycles. The van der Waals surface area contributed by atoms with Gasteiger partial charge < -0.3 is 14.8 Å². The van der Waals surface area contributed by atoms with Crippen LogP contribution < -0.4 is 15.6 Å². The van der Waals surface area contributed by atoms with Crippen LogP contribution in [0.15, 0.2) is 35.4 Å². The Hall–Kier alpha value is -3.27. The molecule has 1 atom stereocenters. The number of hydrogen-bond acceptors (Lipinski definition) is 9. The van der Waals surface area contributed by atoms with Crippen molar-refractivity contribution in [1.29, 1.82) is 0 Å². The average Bonchev–Trinajstić information content (AvgIpc) is 3.16. The van der Waals surface area contributed by atoms with Crippen LogP contribution in [-0.4, -0.2) is 39.4 Å². The van der Waals surface area contributed by atoms with Gasteiger partial charge in [-0.25, -0.2) is 4.98 Å². The van der Waals surface area contributed by atoms with E-state index in [1.54, 1.807) is 0 Å². The van der Waals surface area contributed by atoms with Crippen molar-refractivity contribution in [3.63, 3.8) is 0 Å². The molecule has 3 aromatic rings. The monoisotopic (exact) mass is 399 g/mol. The van der Waals surface area contributed by atoms with Gasteiger partial charge in [0, 0.05) is 5.56 Å². The molecular weight excluding hydrogens is 382 g/mol. The Morgan fingerprint density at radius 2 is 2.14 bits per heavy atom. The number of ether oxygens (including phenoxy) is 2. The molecule has 1 aliphatic rings. The first kappa shape index (κ1) is 18.1. The van der Waals surface area contributed by atoms with E-state index >= 15 is 0 Å². The Balaban J connectivity index is 1.57. The summed E-state index contributed by atoms with van der Waals surface area (Å²) in [4.78, 5) is 28.2. The molecule has 144 valence electrons. The molecule has 0 radical (unpaired) electrons. The Bertz CT molecular complexity index is 1080. The third-order valence-corrected chi connectivity index (χ3v) is 5.21. The standard InChI is InChI=1S/C18H17N5O4S/c1-10-21-22-17(28-10)12-5-3-11(4-6-12)13-8-27-16-15(20-13)18(25)23(9-19-16)7-14(24)26-2/h3-6,9,13,20H,7-8H2,1-2H3/t13-/m0/s1. The van der Waals surface area contributed by atoms with Crippen molar-refractivity contribution in [1.82, 2.24) is 19.7 Å². The molecule has 9 nitrogen and oxygen atoms in total. The molecule has 10 heteroatoms. The topological polar surface area (TPSA) is 108 Å². The molecule has 0 unspecified atom stereocenters. The summed E-state index contributed by atoms with van der Waals surface area (Å²) < 4.78 is 11.4. The van der Waals surface area contributed by atoms with E-state index in [-0.39, 0.29) is 29.7 Å². The molecule has 0 saturated heterocycles.